The fourth-order valence-corrected chi connectivity index (χ4v) is 2.03. The Hall–Kier alpha value is -2.40. The number of nitrogens with zero attached hydrogens (tertiary/aromatic N) is 1. The molecule has 0 aliphatic rings. The highest BCUT2D eigenvalue weighted by atomic mass is 19.1. The topological polar surface area (TPSA) is 58.4 Å². The van der Waals surface area contributed by atoms with E-state index in [-0.39, 0.29) is 11.3 Å². The summed E-state index contributed by atoms with van der Waals surface area (Å²) in [7, 11) is 3.89. The van der Waals surface area contributed by atoms with E-state index in [9.17, 15) is 9.18 Å². The molecular formula is C16H18FN3O. The van der Waals surface area contributed by atoms with E-state index in [0.717, 1.165) is 11.6 Å². The highest BCUT2D eigenvalue weighted by molar-refractivity contribution is 6.05. The predicted octanol–water partition coefficient (Wildman–Crippen LogP) is 2.72. The first-order valence-electron chi connectivity index (χ1n) is 6.56. The molecule has 0 atom stereocenters. The van der Waals surface area contributed by atoms with E-state index in [1.54, 1.807) is 6.07 Å². The van der Waals surface area contributed by atoms with E-state index in [2.05, 4.69) is 5.32 Å². The van der Waals surface area contributed by atoms with E-state index < -0.39 is 11.7 Å². The number of benzene rings is 2. The van der Waals surface area contributed by atoms with Crippen LogP contribution in [-0.4, -0.2) is 24.9 Å². The largest absolute Gasteiger partial charge is 0.399 e. The van der Waals surface area contributed by atoms with E-state index in [1.165, 1.54) is 12.1 Å². The van der Waals surface area contributed by atoms with Crippen molar-refractivity contribution in [1.82, 2.24) is 4.90 Å². The highest BCUT2D eigenvalue weighted by Gasteiger charge is 2.13. The molecule has 5 heteroatoms. The van der Waals surface area contributed by atoms with Crippen molar-refractivity contribution in [1.29, 1.82) is 0 Å². The van der Waals surface area contributed by atoms with Gasteiger partial charge in [0, 0.05) is 17.9 Å². The van der Waals surface area contributed by atoms with Crippen LogP contribution in [0, 0.1) is 5.82 Å². The lowest BCUT2D eigenvalue weighted by atomic mass is 10.1. The van der Waals surface area contributed by atoms with Crippen molar-refractivity contribution in [2.45, 2.75) is 6.54 Å². The molecule has 2 aromatic carbocycles. The molecule has 0 saturated carbocycles. The van der Waals surface area contributed by atoms with Gasteiger partial charge in [0.25, 0.3) is 5.91 Å². The maximum Gasteiger partial charge on any atom is 0.258 e. The van der Waals surface area contributed by atoms with Gasteiger partial charge in [0.2, 0.25) is 0 Å². The molecule has 2 rings (SSSR count). The summed E-state index contributed by atoms with van der Waals surface area (Å²) in [6.45, 7) is 0.681. The van der Waals surface area contributed by atoms with Gasteiger partial charge in [-0.25, -0.2) is 4.39 Å². The minimum atomic E-state index is -0.627. The minimum absolute atomic E-state index is 0.0242. The second-order valence-electron chi connectivity index (χ2n) is 5.09. The standard InChI is InChI=1S/C16H18FN3O/c1-20(2)10-11-5-3-4-6-15(11)19-16(21)13-8-7-12(18)9-14(13)17/h3-9H,10,18H2,1-2H3,(H,19,21). The van der Waals surface area contributed by atoms with Crippen LogP contribution in [0.5, 0.6) is 0 Å². The molecule has 110 valence electrons. The molecule has 0 aliphatic carbocycles. The number of halogens is 1. The smallest absolute Gasteiger partial charge is 0.258 e. The molecule has 0 unspecified atom stereocenters. The summed E-state index contributed by atoms with van der Waals surface area (Å²) in [6.07, 6.45) is 0. The van der Waals surface area contributed by atoms with Gasteiger partial charge in [-0.1, -0.05) is 18.2 Å². The molecule has 0 fully saturated rings. The van der Waals surface area contributed by atoms with Crippen molar-refractivity contribution in [2.75, 3.05) is 25.1 Å². The SMILES string of the molecule is CN(C)Cc1ccccc1NC(=O)c1ccc(N)cc1F. The van der Waals surface area contributed by atoms with Crippen molar-refractivity contribution in [3.63, 3.8) is 0 Å². The van der Waals surface area contributed by atoms with E-state index in [4.69, 9.17) is 5.73 Å². The first kappa shape index (κ1) is 15.0. The monoisotopic (exact) mass is 287 g/mol. The van der Waals surface area contributed by atoms with Crippen LogP contribution in [0.25, 0.3) is 0 Å². The average Bonchev–Trinajstić information content (AvgIpc) is 2.40. The molecule has 2 aromatic rings. The zero-order valence-electron chi connectivity index (χ0n) is 12.1. The zero-order chi connectivity index (χ0) is 15.4. The first-order valence-corrected chi connectivity index (χ1v) is 6.56. The Morgan fingerprint density at radius 3 is 2.62 bits per heavy atom. The maximum atomic E-state index is 13.8. The number of para-hydroxylation sites is 1. The number of nitrogens with one attached hydrogen (secondary N) is 1. The molecule has 3 N–H and O–H groups in total. The molecule has 0 saturated heterocycles. The molecule has 0 aliphatic heterocycles. The lowest BCUT2D eigenvalue weighted by Crippen LogP contribution is -2.17. The Morgan fingerprint density at radius 2 is 1.95 bits per heavy atom. The van der Waals surface area contributed by atoms with Crippen LogP contribution in [0.4, 0.5) is 15.8 Å². The van der Waals surface area contributed by atoms with Crippen molar-refractivity contribution < 1.29 is 9.18 Å². The number of amides is 1. The van der Waals surface area contributed by atoms with Crippen molar-refractivity contribution in [3.8, 4) is 0 Å². The molecule has 1 amide bonds. The normalized spacial score (nSPS) is 10.7. The Labute approximate surface area is 123 Å². The van der Waals surface area contributed by atoms with Gasteiger partial charge >= 0.3 is 0 Å². The van der Waals surface area contributed by atoms with Gasteiger partial charge in [0.15, 0.2) is 0 Å². The second-order valence-corrected chi connectivity index (χ2v) is 5.09. The molecule has 21 heavy (non-hydrogen) atoms. The zero-order valence-corrected chi connectivity index (χ0v) is 12.1. The fourth-order valence-electron chi connectivity index (χ4n) is 2.03. The Kier molecular flexibility index (Phi) is 4.55. The Morgan fingerprint density at radius 1 is 1.24 bits per heavy atom. The molecule has 4 nitrogen and oxygen atoms in total. The summed E-state index contributed by atoms with van der Waals surface area (Å²) >= 11 is 0. The van der Waals surface area contributed by atoms with Crippen molar-refractivity contribution in [3.05, 3.63) is 59.4 Å². The molecule has 0 spiro atoms. The third-order valence-electron chi connectivity index (χ3n) is 2.99. The summed E-state index contributed by atoms with van der Waals surface area (Å²) in [5, 5.41) is 2.75. The van der Waals surface area contributed by atoms with Gasteiger partial charge in [0.1, 0.15) is 5.82 Å². The Bertz CT molecular complexity index is 656. The maximum absolute atomic E-state index is 13.8. The number of nitrogens with two attached hydrogens (primary N) is 1. The number of carbonyl (C=O) groups is 1. The number of rotatable bonds is 4. The van der Waals surface area contributed by atoms with Crippen LogP contribution in [0.1, 0.15) is 15.9 Å². The second kappa shape index (κ2) is 6.37. The van der Waals surface area contributed by atoms with Crippen LogP contribution in [0.3, 0.4) is 0 Å². The third kappa shape index (κ3) is 3.79. The number of anilines is 2. The number of nitrogen functional groups attached to an aromatic ring is 1. The van der Waals surface area contributed by atoms with Gasteiger partial charge in [0.05, 0.1) is 5.56 Å². The average molecular weight is 287 g/mol. The molecule has 0 bridgehead atoms. The van der Waals surface area contributed by atoms with Gasteiger partial charge in [-0.05, 0) is 43.9 Å². The number of hydrogen-bond donors (Lipinski definition) is 2. The van der Waals surface area contributed by atoms with Crippen LogP contribution < -0.4 is 11.1 Å². The van der Waals surface area contributed by atoms with Crippen molar-refractivity contribution in [2.24, 2.45) is 0 Å². The third-order valence-corrected chi connectivity index (χ3v) is 2.99. The Balaban J connectivity index is 2.23. The summed E-state index contributed by atoms with van der Waals surface area (Å²) in [6, 6.07) is 11.5. The van der Waals surface area contributed by atoms with E-state index in [0.29, 0.717) is 12.2 Å². The van der Waals surface area contributed by atoms with Gasteiger partial charge in [-0.15, -0.1) is 0 Å². The van der Waals surface area contributed by atoms with Gasteiger partial charge in [-0.2, -0.15) is 0 Å². The number of carbonyl (C=O) groups excluding carboxylic acids is 1. The van der Waals surface area contributed by atoms with Crippen molar-refractivity contribution >= 4 is 17.3 Å². The van der Waals surface area contributed by atoms with Gasteiger partial charge in [-0.3, -0.25) is 4.79 Å². The summed E-state index contributed by atoms with van der Waals surface area (Å²) < 4.78 is 13.8. The summed E-state index contributed by atoms with van der Waals surface area (Å²) in [5.41, 5.74) is 7.38. The molecule has 0 aromatic heterocycles. The number of hydrogen-bond acceptors (Lipinski definition) is 3. The van der Waals surface area contributed by atoms with E-state index in [1.807, 2.05) is 37.2 Å². The van der Waals surface area contributed by atoms with Gasteiger partial charge < -0.3 is 16.0 Å². The minimum Gasteiger partial charge on any atom is -0.399 e. The predicted molar refractivity (Wildman–Crippen MR) is 82.6 cm³/mol. The van der Waals surface area contributed by atoms with Crippen LogP contribution in [-0.2, 0) is 6.54 Å². The first-order chi connectivity index (χ1) is 9.97. The molecule has 0 radical (unpaired) electrons. The fraction of sp³-hybridized carbons (Fsp3) is 0.188. The van der Waals surface area contributed by atoms with Crippen LogP contribution in [0.2, 0.25) is 0 Å². The van der Waals surface area contributed by atoms with Crippen LogP contribution in [0.15, 0.2) is 42.5 Å². The molecule has 0 heterocycles. The quantitative estimate of drug-likeness (QED) is 0.850. The molecular weight excluding hydrogens is 269 g/mol. The van der Waals surface area contributed by atoms with E-state index >= 15 is 0 Å². The summed E-state index contributed by atoms with van der Waals surface area (Å²) in [4.78, 5) is 14.2. The lowest BCUT2D eigenvalue weighted by Gasteiger charge is -2.15. The highest BCUT2D eigenvalue weighted by Crippen LogP contribution is 2.19. The lowest BCUT2D eigenvalue weighted by molar-refractivity contribution is 0.102. The summed E-state index contributed by atoms with van der Waals surface area (Å²) in [5.74, 6) is -1.11. The van der Waals surface area contributed by atoms with Crippen LogP contribution >= 0.6 is 0 Å².